The average molecular weight is 161 g/mol. The van der Waals surface area contributed by atoms with Gasteiger partial charge in [-0.2, -0.15) is 0 Å². The van der Waals surface area contributed by atoms with Crippen molar-refractivity contribution in [2.24, 2.45) is 17.6 Å². The first-order chi connectivity index (χ1) is 5.26. The Kier molecular flexibility index (Phi) is 6.51. The minimum Gasteiger partial charge on any atom is -0.396 e. The fourth-order valence-corrected chi connectivity index (χ4v) is 1.20. The van der Waals surface area contributed by atoms with E-state index in [1.807, 2.05) is 0 Å². The minimum atomic E-state index is 0.218. The zero-order valence-electron chi connectivity index (χ0n) is 7.42. The van der Waals surface area contributed by atoms with Crippen molar-refractivity contribution in [1.82, 2.24) is 0 Å². The highest BCUT2D eigenvalue weighted by Crippen LogP contribution is 2.13. The zero-order valence-corrected chi connectivity index (χ0v) is 7.42. The van der Waals surface area contributed by atoms with Gasteiger partial charge in [0, 0.05) is 20.3 Å². The maximum Gasteiger partial charge on any atom is 0.0490 e. The van der Waals surface area contributed by atoms with E-state index in [9.17, 15) is 0 Å². The molecular weight excluding hydrogens is 142 g/mol. The summed E-state index contributed by atoms with van der Waals surface area (Å²) in [6.07, 6.45) is 0.779. The Morgan fingerprint density at radius 2 is 2.18 bits per heavy atom. The monoisotopic (exact) mass is 161 g/mol. The van der Waals surface area contributed by atoms with Gasteiger partial charge in [-0.25, -0.2) is 0 Å². The van der Waals surface area contributed by atoms with Gasteiger partial charge in [0.05, 0.1) is 0 Å². The summed E-state index contributed by atoms with van der Waals surface area (Å²) in [5.41, 5.74) is 5.52. The van der Waals surface area contributed by atoms with Crippen molar-refractivity contribution < 1.29 is 9.84 Å². The summed E-state index contributed by atoms with van der Waals surface area (Å²) in [5.74, 6) is 0.831. The van der Waals surface area contributed by atoms with Gasteiger partial charge in [0.25, 0.3) is 0 Å². The van der Waals surface area contributed by atoms with Crippen LogP contribution in [0, 0.1) is 11.8 Å². The second-order valence-corrected chi connectivity index (χ2v) is 2.94. The molecule has 3 heteroatoms. The number of methoxy groups -OCH3 is 1. The number of hydrogen-bond acceptors (Lipinski definition) is 3. The molecule has 0 saturated carbocycles. The molecule has 0 aliphatic rings. The van der Waals surface area contributed by atoms with Gasteiger partial charge >= 0.3 is 0 Å². The quantitative estimate of drug-likeness (QED) is 0.586. The first kappa shape index (κ1) is 10.9. The molecule has 2 atom stereocenters. The topological polar surface area (TPSA) is 55.5 Å². The van der Waals surface area contributed by atoms with Crippen molar-refractivity contribution in [3.05, 3.63) is 0 Å². The van der Waals surface area contributed by atoms with Crippen molar-refractivity contribution in [3.63, 3.8) is 0 Å². The predicted molar refractivity (Wildman–Crippen MR) is 45.3 cm³/mol. The van der Waals surface area contributed by atoms with Crippen LogP contribution in [0.25, 0.3) is 0 Å². The molecule has 0 fully saturated rings. The second-order valence-electron chi connectivity index (χ2n) is 2.94. The average Bonchev–Trinajstić information content (AvgIpc) is 2.00. The summed E-state index contributed by atoms with van der Waals surface area (Å²) in [4.78, 5) is 0. The Morgan fingerprint density at radius 1 is 1.55 bits per heavy atom. The van der Waals surface area contributed by atoms with Crippen molar-refractivity contribution >= 4 is 0 Å². The minimum absolute atomic E-state index is 0.218. The maximum absolute atomic E-state index is 8.69. The van der Waals surface area contributed by atoms with Crippen LogP contribution in [0.3, 0.4) is 0 Å². The Hall–Kier alpha value is -0.120. The number of aliphatic hydroxyl groups excluding tert-OH is 1. The predicted octanol–water partition coefficient (Wildman–Crippen LogP) is 0.226. The van der Waals surface area contributed by atoms with E-state index in [-0.39, 0.29) is 6.61 Å². The molecule has 0 amide bonds. The first-order valence-corrected chi connectivity index (χ1v) is 4.06. The standard InChI is InChI=1S/C8H19NO2/c1-7(6-11-2)8(5-9)3-4-10/h7-8,10H,3-6,9H2,1-2H3. The molecule has 3 nitrogen and oxygen atoms in total. The summed E-state index contributed by atoms with van der Waals surface area (Å²) in [6.45, 7) is 3.67. The van der Waals surface area contributed by atoms with Gasteiger partial charge < -0.3 is 15.6 Å². The zero-order chi connectivity index (χ0) is 8.69. The molecule has 3 N–H and O–H groups in total. The number of nitrogens with two attached hydrogens (primary N) is 1. The molecule has 0 aliphatic heterocycles. The third-order valence-electron chi connectivity index (χ3n) is 2.04. The van der Waals surface area contributed by atoms with E-state index in [0.29, 0.717) is 18.4 Å². The van der Waals surface area contributed by atoms with Crippen molar-refractivity contribution in [2.75, 3.05) is 26.9 Å². The lowest BCUT2D eigenvalue weighted by Crippen LogP contribution is -2.25. The van der Waals surface area contributed by atoms with E-state index >= 15 is 0 Å². The number of ether oxygens (including phenoxy) is 1. The van der Waals surface area contributed by atoms with Crippen LogP contribution in [0.4, 0.5) is 0 Å². The van der Waals surface area contributed by atoms with E-state index in [1.165, 1.54) is 0 Å². The third kappa shape index (κ3) is 4.35. The van der Waals surface area contributed by atoms with E-state index in [1.54, 1.807) is 7.11 Å². The fraction of sp³-hybridized carbons (Fsp3) is 1.00. The highest BCUT2D eigenvalue weighted by molar-refractivity contribution is 4.66. The second kappa shape index (κ2) is 6.58. The lowest BCUT2D eigenvalue weighted by Gasteiger charge is -2.20. The van der Waals surface area contributed by atoms with Crippen LogP contribution in [0.5, 0.6) is 0 Å². The molecule has 11 heavy (non-hydrogen) atoms. The van der Waals surface area contributed by atoms with Crippen LogP contribution >= 0.6 is 0 Å². The normalized spacial score (nSPS) is 16.4. The van der Waals surface area contributed by atoms with E-state index in [2.05, 4.69) is 6.92 Å². The van der Waals surface area contributed by atoms with E-state index < -0.39 is 0 Å². The molecule has 0 aliphatic carbocycles. The largest absolute Gasteiger partial charge is 0.396 e. The SMILES string of the molecule is COCC(C)C(CN)CCO. The van der Waals surface area contributed by atoms with Gasteiger partial charge in [-0.1, -0.05) is 6.92 Å². The molecule has 0 radical (unpaired) electrons. The summed E-state index contributed by atoms with van der Waals surface area (Å²) in [6, 6.07) is 0. The Balaban J connectivity index is 3.61. The molecular formula is C8H19NO2. The number of rotatable bonds is 6. The van der Waals surface area contributed by atoms with Gasteiger partial charge in [-0.05, 0) is 24.8 Å². The summed E-state index contributed by atoms with van der Waals surface area (Å²) < 4.78 is 5.00. The molecule has 0 bridgehead atoms. The van der Waals surface area contributed by atoms with Gasteiger partial charge in [-0.15, -0.1) is 0 Å². The lowest BCUT2D eigenvalue weighted by molar-refractivity contribution is 0.119. The van der Waals surface area contributed by atoms with Crippen LogP contribution in [0.15, 0.2) is 0 Å². The van der Waals surface area contributed by atoms with Crippen LogP contribution in [-0.4, -0.2) is 32.0 Å². The van der Waals surface area contributed by atoms with Gasteiger partial charge in [0.15, 0.2) is 0 Å². The van der Waals surface area contributed by atoms with Crippen molar-refractivity contribution in [3.8, 4) is 0 Å². The summed E-state index contributed by atoms with van der Waals surface area (Å²) in [5, 5.41) is 8.69. The Morgan fingerprint density at radius 3 is 2.55 bits per heavy atom. The molecule has 0 aromatic heterocycles. The summed E-state index contributed by atoms with van der Waals surface area (Å²) in [7, 11) is 1.68. The maximum atomic E-state index is 8.69. The number of aliphatic hydroxyl groups is 1. The molecule has 0 aromatic carbocycles. The number of hydrogen-bond donors (Lipinski definition) is 2. The van der Waals surface area contributed by atoms with Crippen LogP contribution in [0.2, 0.25) is 0 Å². The van der Waals surface area contributed by atoms with Crippen LogP contribution < -0.4 is 5.73 Å². The van der Waals surface area contributed by atoms with Crippen molar-refractivity contribution in [2.45, 2.75) is 13.3 Å². The molecule has 0 aromatic rings. The Bertz CT molecular complexity index is 88.2. The summed E-state index contributed by atoms with van der Waals surface area (Å²) >= 11 is 0. The molecule has 0 heterocycles. The Labute approximate surface area is 68.5 Å². The molecule has 0 rings (SSSR count). The van der Waals surface area contributed by atoms with Crippen LogP contribution in [0.1, 0.15) is 13.3 Å². The lowest BCUT2D eigenvalue weighted by atomic mass is 9.92. The van der Waals surface area contributed by atoms with E-state index in [0.717, 1.165) is 13.0 Å². The molecule has 0 saturated heterocycles. The van der Waals surface area contributed by atoms with Crippen molar-refractivity contribution in [1.29, 1.82) is 0 Å². The van der Waals surface area contributed by atoms with Crippen LogP contribution in [-0.2, 0) is 4.74 Å². The molecule has 0 spiro atoms. The highest BCUT2D eigenvalue weighted by Gasteiger charge is 2.14. The van der Waals surface area contributed by atoms with Gasteiger partial charge in [0.2, 0.25) is 0 Å². The smallest absolute Gasteiger partial charge is 0.0490 e. The third-order valence-corrected chi connectivity index (χ3v) is 2.04. The molecule has 2 unspecified atom stereocenters. The highest BCUT2D eigenvalue weighted by atomic mass is 16.5. The fourth-order valence-electron chi connectivity index (χ4n) is 1.20. The first-order valence-electron chi connectivity index (χ1n) is 4.06. The van der Waals surface area contributed by atoms with E-state index in [4.69, 9.17) is 15.6 Å². The van der Waals surface area contributed by atoms with Gasteiger partial charge in [0.1, 0.15) is 0 Å². The van der Waals surface area contributed by atoms with Gasteiger partial charge in [-0.3, -0.25) is 0 Å². The molecule has 68 valence electrons.